The van der Waals surface area contributed by atoms with E-state index >= 15 is 0 Å². The Balaban J connectivity index is 1.17. The van der Waals surface area contributed by atoms with Crippen LogP contribution in [0.15, 0.2) is 29.2 Å². The monoisotopic (exact) mass is 587 g/mol. The first kappa shape index (κ1) is 30.3. The van der Waals surface area contributed by atoms with Crippen molar-refractivity contribution in [2.24, 2.45) is 11.8 Å². The largest absolute Gasteiger partial charge is 0.442 e. The normalized spacial score (nSPS) is 24.9. The van der Waals surface area contributed by atoms with Gasteiger partial charge in [-0.05, 0) is 50.2 Å². The van der Waals surface area contributed by atoms with Crippen LogP contribution in [0.2, 0.25) is 0 Å². The maximum absolute atomic E-state index is 13.3. The third-order valence-electron chi connectivity index (χ3n) is 10.3. The van der Waals surface area contributed by atoms with E-state index in [2.05, 4.69) is 11.8 Å². The molecule has 228 valence electrons. The number of amides is 2. The number of hydrogen-bond donors (Lipinski definition) is 0. The van der Waals surface area contributed by atoms with Gasteiger partial charge in [-0.25, -0.2) is 13.2 Å². The lowest BCUT2D eigenvalue weighted by atomic mass is 9.75. The number of carbonyl (C=O) groups excluding carboxylic acids is 2. The zero-order valence-electron chi connectivity index (χ0n) is 25.1. The highest BCUT2D eigenvalue weighted by Gasteiger charge is 2.50. The number of nitrogens with zero attached hydrogens (tertiary/aromatic N) is 3. The van der Waals surface area contributed by atoms with Gasteiger partial charge in [0.05, 0.1) is 10.5 Å². The summed E-state index contributed by atoms with van der Waals surface area (Å²) < 4.78 is 30.9. The van der Waals surface area contributed by atoms with Crippen LogP contribution in [0.5, 0.6) is 0 Å². The Kier molecular flexibility index (Phi) is 9.64. The van der Waals surface area contributed by atoms with Crippen molar-refractivity contribution in [1.29, 1.82) is 0 Å². The van der Waals surface area contributed by atoms with Gasteiger partial charge in [0, 0.05) is 70.3 Å². The third-order valence-corrected chi connectivity index (χ3v) is 11.4. The highest BCUT2D eigenvalue weighted by molar-refractivity contribution is 7.90. The molecule has 9 heteroatoms. The smallest absolute Gasteiger partial charge is 0.410 e. The first-order valence-electron chi connectivity index (χ1n) is 16.0. The van der Waals surface area contributed by atoms with Gasteiger partial charge in [0.1, 0.15) is 5.60 Å². The molecule has 4 fully saturated rings. The van der Waals surface area contributed by atoms with Gasteiger partial charge in [0.25, 0.3) is 5.91 Å². The second-order valence-corrected chi connectivity index (χ2v) is 15.0. The molecule has 0 radical (unpaired) electrons. The van der Waals surface area contributed by atoms with E-state index in [9.17, 15) is 18.0 Å². The molecule has 0 aromatic heterocycles. The standard InChI is InChI=1S/C32H49N3O5S/c1-3-4-12-26-24-35(23-25-10-6-5-7-11-25)31(37)40-32(26)17-21-33(22-18-32)27-15-19-34(20-16-27)30(36)28-13-8-9-14-29(28)41(2,38)39/h8-9,13-14,25-27H,3-7,10-12,15-24H2,1-2H3. The summed E-state index contributed by atoms with van der Waals surface area (Å²) in [5.74, 6) is 0.810. The summed E-state index contributed by atoms with van der Waals surface area (Å²) in [7, 11) is -3.48. The van der Waals surface area contributed by atoms with Gasteiger partial charge in [0.2, 0.25) is 0 Å². The molecule has 1 aliphatic carbocycles. The zero-order chi connectivity index (χ0) is 29.0. The molecule has 4 aliphatic rings. The van der Waals surface area contributed by atoms with Crippen molar-refractivity contribution in [3.05, 3.63) is 29.8 Å². The summed E-state index contributed by atoms with van der Waals surface area (Å²) in [6.45, 7) is 6.99. The van der Waals surface area contributed by atoms with Gasteiger partial charge in [-0.2, -0.15) is 0 Å². The zero-order valence-corrected chi connectivity index (χ0v) is 25.9. The Bertz CT molecular complexity index is 1170. The van der Waals surface area contributed by atoms with Gasteiger partial charge < -0.3 is 14.5 Å². The first-order valence-corrected chi connectivity index (χ1v) is 17.9. The maximum Gasteiger partial charge on any atom is 0.410 e. The molecule has 1 spiro atoms. The fourth-order valence-corrected chi connectivity index (χ4v) is 8.69. The second-order valence-electron chi connectivity index (χ2n) is 13.0. The summed E-state index contributed by atoms with van der Waals surface area (Å²) in [5, 5.41) is 0. The van der Waals surface area contributed by atoms with E-state index in [0.717, 1.165) is 71.0 Å². The van der Waals surface area contributed by atoms with Crippen LogP contribution >= 0.6 is 0 Å². The Morgan fingerprint density at radius 3 is 2.34 bits per heavy atom. The number of ether oxygens (including phenoxy) is 1. The van der Waals surface area contributed by atoms with Crippen molar-refractivity contribution < 1.29 is 22.7 Å². The van der Waals surface area contributed by atoms with Gasteiger partial charge in [-0.1, -0.05) is 51.2 Å². The summed E-state index contributed by atoms with van der Waals surface area (Å²) >= 11 is 0. The third kappa shape index (κ3) is 6.93. The van der Waals surface area contributed by atoms with Crippen LogP contribution in [0.1, 0.15) is 94.3 Å². The molecule has 8 nitrogen and oxygen atoms in total. The van der Waals surface area contributed by atoms with E-state index in [1.807, 2.05) is 4.90 Å². The van der Waals surface area contributed by atoms with Crippen molar-refractivity contribution in [2.75, 3.05) is 45.5 Å². The molecule has 1 saturated carbocycles. The molecule has 1 aromatic carbocycles. The topological polar surface area (TPSA) is 87.2 Å². The summed E-state index contributed by atoms with van der Waals surface area (Å²) in [5.41, 5.74) is -0.0826. The van der Waals surface area contributed by atoms with Crippen molar-refractivity contribution in [3.8, 4) is 0 Å². The lowest BCUT2D eigenvalue weighted by Crippen LogP contribution is -2.61. The minimum absolute atomic E-state index is 0.0991. The predicted molar refractivity (Wildman–Crippen MR) is 160 cm³/mol. The van der Waals surface area contributed by atoms with Gasteiger partial charge in [-0.15, -0.1) is 0 Å². The van der Waals surface area contributed by atoms with Gasteiger partial charge >= 0.3 is 6.09 Å². The Morgan fingerprint density at radius 1 is 1.00 bits per heavy atom. The Labute approximate surface area is 246 Å². The van der Waals surface area contributed by atoms with Crippen molar-refractivity contribution in [1.82, 2.24) is 14.7 Å². The number of hydrogen-bond acceptors (Lipinski definition) is 6. The minimum atomic E-state index is -3.48. The molecule has 0 N–H and O–H groups in total. The molecule has 5 rings (SSSR count). The second kappa shape index (κ2) is 13.0. The number of rotatable bonds is 8. The molecule has 3 saturated heterocycles. The number of likely N-dealkylation sites (tertiary alicyclic amines) is 2. The van der Waals surface area contributed by atoms with Crippen LogP contribution in [-0.2, 0) is 14.6 Å². The summed E-state index contributed by atoms with van der Waals surface area (Å²) in [4.78, 5) is 33.0. The average molecular weight is 588 g/mol. The molecular formula is C32H49N3O5S. The first-order chi connectivity index (χ1) is 19.7. The van der Waals surface area contributed by atoms with Crippen molar-refractivity contribution in [3.63, 3.8) is 0 Å². The summed E-state index contributed by atoms with van der Waals surface area (Å²) in [6, 6.07) is 6.90. The molecule has 0 bridgehead atoms. The Morgan fingerprint density at radius 2 is 1.68 bits per heavy atom. The molecule has 1 aromatic rings. The highest BCUT2D eigenvalue weighted by Crippen LogP contribution is 2.42. The van der Waals surface area contributed by atoms with E-state index in [1.165, 1.54) is 44.6 Å². The number of carbonyl (C=O) groups is 2. The SMILES string of the molecule is CCCCC1CN(CC2CCCCC2)C(=O)OC12CCN(C1CCN(C(=O)c3ccccc3S(C)(=O)=O)CC1)CC2. The maximum atomic E-state index is 13.3. The van der Waals surface area contributed by atoms with Crippen LogP contribution < -0.4 is 0 Å². The molecular weight excluding hydrogens is 538 g/mol. The number of sulfone groups is 1. The lowest BCUT2D eigenvalue weighted by Gasteiger charge is -2.52. The number of benzene rings is 1. The Hall–Kier alpha value is -2.13. The predicted octanol–water partition coefficient (Wildman–Crippen LogP) is 5.37. The van der Waals surface area contributed by atoms with E-state index in [1.54, 1.807) is 23.1 Å². The van der Waals surface area contributed by atoms with E-state index < -0.39 is 9.84 Å². The van der Waals surface area contributed by atoms with E-state index in [4.69, 9.17) is 4.74 Å². The quantitative estimate of drug-likeness (QED) is 0.407. The van der Waals surface area contributed by atoms with Gasteiger partial charge in [-0.3, -0.25) is 9.69 Å². The average Bonchev–Trinajstić information content (AvgIpc) is 2.98. The molecule has 3 aliphatic heterocycles. The highest BCUT2D eigenvalue weighted by atomic mass is 32.2. The lowest BCUT2D eigenvalue weighted by molar-refractivity contribution is -0.127. The fraction of sp³-hybridized carbons (Fsp3) is 0.750. The van der Waals surface area contributed by atoms with Crippen LogP contribution in [0.3, 0.4) is 0 Å². The van der Waals surface area contributed by atoms with Crippen molar-refractivity contribution in [2.45, 2.75) is 101 Å². The molecule has 1 atom stereocenters. The van der Waals surface area contributed by atoms with Crippen LogP contribution in [0.25, 0.3) is 0 Å². The molecule has 3 heterocycles. The molecule has 2 amide bonds. The van der Waals surface area contributed by atoms with Crippen LogP contribution in [-0.4, -0.2) is 92.3 Å². The van der Waals surface area contributed by atoms with Crippen LogP contribution in [0.4, 0.5) is 4.79 Å². The minimum Gasteiger partial charge on any atom is -0.442 e. The number of unbranched alkanes of at least 4 members (excludes halogenated alkanes) is 1. The summed E-state index contributed by atoms with van der Waals surface area (Å²) in [6.07, 6.45) is 14.3. The van der Waals surface area contributed by atoms with E-state index in [-0.39, 0.29) is 28.1 Å². The van der Waals surface area contributed by atoms with Crippen molar-refractivity contribution >= 4 is 21.8 Å². The molecule has 41 heavy (non-hydrogen) atoms. The fourth-order valence-electron chi connectivity index (χ4n) is 7.81. The molecule has 1 unspecified atom stereocenters. The van der Waals surface area contributed by atoms with Crippen LogP contribution in [0, 0.1) is 11.8 Å². The van der Waals surface area contributed by atoms with E-state index in [0.29, 0.717) is 31.0 Å². The van der Waals surface area contributed by atoms with Gasteiger partial charge in [0.15, 0.2) is 9.84 Å². The number of piperidine rings is 2.